The van der Waals surface area contributed by atoms with E-state index in [1.165, 1.54) is 25.7 Å². The summed E-state index contributed by atoms with van der Waals surface area (Å²) in [6.45, 7) is 5.09. The van der Waals surface area contributed by atoms with Gasteiger partial charge in [-0.3, -0.25) is 0 Å². The van der Waals surface area contributed by atoms with E-state index in [0.29, 0.717) is 0 Å². The van der Waals surface area contributed by atoms with Crippen molar-refractivity contribution in [2.24, 2.45) is 5.92 Å². The molecule has 2 aromatic rings. The average Bonchev–Trinajstić information content (AvgIpc) is 2.65. The molecule has 0 unspecified atom stereocenters. The number of ether oxygens (including phenoxy) is 1. The van der Waals surface area contributed by atoms with Crippen LogP contribution in [0.1, 0.15) is 39.5 Å². The second-order valence-electron chi connectivity index (χ2n) is 5.98. The topological polar surface area (TPSA) is 29.9 Å². The molecule has 1 heterocycles. The van der Waals surface area contributed by atoms with Gasteiger partial charge in [-0.2, -0.15) is 0 Å². The molecule has 108 valence electrons. The van der Waals surface area contributed by atoms with Crippen molar-refractivity contribution in [3.63, 3.8) is 0 Å². The van der Waals surface area contributed by atoms with Gasteiger partial charge in [-0.15, -0.1) is 0 Å². The number of H-pyrrole nitrogens is 1. The van der Waals surface area contributed by atoms with Crippen LogP contribution in [-0.2, 0) is 6.54 Å². The fourth-order valence-electron chi connectivity index (χ4n) is 2.82. The third-order valence-electron chi connectivity index (χ3n) is 4.12. The molecule has 1 aromatic carbocycles. The minimum absolute atomic E-state index is 0.167. The van der Waals surface area contributed by atoms with Gasteiger partial charge in [0, 0.05) is 6.54 Å². The van der Waals surface area contributed by atoms with E-state index >= 15 is 0 Å². The lowest BCUT2D eigenvalue weighted by Gasteiger charge is -2.25. The van der Waals surface area contributed by atoms with E-state index in [9.17, 15) is 0 Å². The molecule has 1 saturated carbocycles. The third-order valence-corrected chi connectivity index (χ3v) is 4.44. The Morgan fingerprint density at radius 3 is 2.85 bits per heavy atom. The number of aromatic nitrogens is 2. The number of hydrogen-bond donors (Lipinski definition) is 1. The Morgan fingerprint density at radius 1 is 1.40 bits per heavy atom. The zero-order valence-corrected chi connectivity index (χ0v) is 13.0. The van der Waals surface area contributed by atoms with E-state index in [0.717, 1.165) is 34.0 Å². The Kier molecular flexibility index (Phi) is 3.83. The summed E-state index contributed by atoms with van der Waals surface area (Å²) < 4.78 is 8.89. The minimum atomic E-state index is 0.167. The summed E-state index contributed by atoms with van der Waals surface area (Å²) >= 11 is 5.48. The molecule has 1 N–H and O–H groups in total. The first-order valence-electron chi connectivity index (χ1n) is 7.53. The van der Waals surface area contributed by atoms with Crippen LogP contribution >= 0.6 is 12.2 Å². The number of nitrogens with zero attached hydrogens (tertiary/aromatic N) is 1. The maximum absolute atomic E-state index is 5.86. The van der Waals surface area contributed by atoms with Crippen molar-refractivity contribution in [2.45, 2.75) is 52.2 Å². The van der Waals surface area contributed by atoms with E-state index in [1.54, 1.807) is 0 Å². The fraction of sp³-hybridized carbons (Fsp3) is 0.562. The van der Waals surface area contributed by atoms with Gasteiger partial charge in [0.15, 0.2) is 4.77 Å². The second-order valence-corrected chi connectivity index (χ2v) is 6.37. The third kappa shape index (κ3) is 2.62. The molecule has 0 spiro atoms. The Labute approximate surface area is 125 Å². The van der Waals surface area contributed by atoms with Gasteiger partial charge < -0.3 is 14.3 Å². The first-order chi connectivity index (χ1) is 9.65. The van der Waals surface area contributed by atoms with Crippen LogP contribution < -0.4 is 4.74 Å². The normalized spacial score (nSPS) is 15.8. The van der Waals surface area contributed by atoms with Crippen molar-refractivity contribution in [1.82, 2.24) is 9.55 Å². The monoisotopic (exact) mass is 290 g/mol. The summed E-state index contributed by atoms with van der Waals surface area (Å²) in [5.74, 6) is 1.79. The maximum Gasteiger partial charge on any atom is 0.178 e. The summed E-state index contributed by atoms with van der Waals surface area (Å²) in [4.78, 5) is 3.31. The lowest BCUT2D eigenvalue weighted by molar-refractivity contribution is 0.245. The van der Waals surface area contributed by atoms with Crippen molar-refractivity contribution in [2.75, 3.05) is 0 Å². The number of imidazole rings is 1. The molecule has 0 bridgehead atoms. The molecule has 1 aromatic heterocycles. The number of para-hydroxylation sites is 1. The van der Waals surface area contributed by atoms with Crippen molar-refractivity contribution >= 4 is 23.3 Å². The molecule has 0 saturated heterocycles. The van der Waals surface area contributed by atoms with Crippen molar-refractivity contribution in [1.29, 1.82) is 0 Å². The van der Waals surface area contributed by atoms with E-state index in [-0.39, 0.29) is 6.10 Å². The minimum Gasteiger partial charge on any atom is -0.489 e. The van der Waals surface area contributed by atoms with Crippen molar-refractivity contribution in [3.05, 3.63) is 23.0 Å². The highest BCUT2D eigenvalue weighted by molar-refractivity contribution is 7.71. The van der Waals surface area contributed by atoms with Gasteiger partial charge in [-0.1, -0.05) is 25.3 Å². The number of nitrogens with one attached hydrogen (secondary N) is 1. The van der Waals surface area contributed by atoms with Crippen LogP contribution in [0, 0.1) is 10.7 Å². The van der Waals surface area contributed by atoms with Crippen LogP contribution in [0.5, 0.6) is 5.75 Å². The predicted octanol–water partition coefficient (Wildman–Crippen LogP) is 4.68. The average molecular weight is 290 g/mol. The Bertz CT molecular complexity index is 652. The Morgan fingerprint density at radius 2 is 2.20 bits per heavy atom. The van der Waals surface area contributed by atoms with Crippen LogP contribution in [0.4, 0.5) is 0 Å². The molecule has 0 amide bonds. The van der Waals surface area contributed by atoms with Crippen LogP contribution in [0.15, 0.2) is 18.2 Å². The van der Waals surface area contributed by atoms with E-state index in [2.05, 4.69) is 15.6 Å². The van der Waals surface area contributed by atoms with Crippen LogP contribution in [0.3, 0.4) is 0 Å². The largest absolute Gasteiger partial charge is 0.489 e. The van der Waals surface area contributed by atoms with E-state index < -0.39 is 0 Å². The molecular formula is C16H22N2OS. The van der Waals surface area contributed by atoms with Crippen LogP contribution in [0.25, 0.3) is 11.0 Å². The first kappa shape index (κ1) is 13.7. The highest BCUT2D eigenvalue weighted by Gasteiger charge is 2.18. The second kappa shape index (κ2) is 5.60. The molecule has 1 fully saturated rings. The zero-order valence-electron chi connectivity index (χ0n) is 12.2. The van der Waals surface area contributed by atoms with Gasteiger partial charge in [0.25, 0.3) is 0 Å². The Hall–Kier alpha value is -1.29. The Balaban J connectivity index is 1.91. The van der Waals surface area contributed by atoms with Crippen molar-refractivity contribution < 1.29 is 4.74 Å². The quantitative estimate of drug-likeness (QED) is 0.811. The summed E-state index contributed by atoms with van der Waals surface area (Å²) in [6.07, 6.45) is 5.57. The molecular weight excluding hydrogens is 268 g/mol. The number of aromatic amines is 1. The standard InChI is InChI=1S/C16H22N2OS/c1-11(2)19-14-8-4-7-13-15(14)17-16(20)18(13)10-9-12-5-3-6-12/h4,7-8,11-12H,3,5-6,9-10H2,1-2H3,(H,17,20). The molecule has 1 aliphatic rings. The molecule has 0 aliphatic heterocycles. The fourth-order valence-corrected chi connectivity index (χ4v) is 3.11. The van der Waals surface area contributed by atoms with Gasteiger partial charge in [0.1, 0.15) is 11.3 Å². The molecule has 20 heavy (non-hydrogen) atoms. The summed E-state index contributed by atoms with van der Waals surface area (Å²) in [5, 5.41) is 0. The molecule has 4 heteroatoms. The van der Waals surface area contributed by atoms with Gasteiger partial charge in [-0.25, -0.2) is 0 Å². The number of fused-ring (bicyclic) bond motifs is 1. The molecule has 0 atom stereocenters. The van der Waals surface area contributed by atoms with Gasteiger partial charge in [-0.05, 0) is 50.5 Å². The maximum atomic E-state index is 5.86. The number of rotatable bonds is 5. The van der Waals surface area contributed by atoms with E-state index in [1.807, 2.05) is 26.0 Å². The number of aryl methyl sites for hydroxylation is 1. The molecule has 3 nitrogen and oxygen atoms in total. The summed E-state index contributed by atoms with van der Waals surface area (Å²) in [6, 6.07) is 6.17. The zero-order chi connectivity index (χ0) is 14.1. The molecule has 0 radical (unpaired) electrons. The summed E-state index contributed by atoms with van der Waals surface area (Å²) in [7, 11) is 0. The molecule has 1 aliphatic carbocycles. The van der Waals surface area contributed by atoms with E-state index in [4.69, 9.17) is 17.0 Å². The first-order valence-corrected chi connectivity index (χ1v) is 7.94. The highest BCUT2D eigenvalue weighted by Crippen LogP contribution is 2.31. The highest BCUT2D eigenvalue weighted by atomic mass is 32.1. The lowest BCUT2D eigenvalue weighted by Crippen LogP contribution is -2.13. The molecule has 3 rings (SSSR count). The number of hydrogen-bond acceptors (Lipinski definition) is 2. The SMILES string of the molecule is CC(C)Oc1cccc2c1[nH]c(=S)n2CCC1CCC1. The summed E-state index contributed by atoms with van der Waals surface area (Å²) in [5.41, 5.74) is 2.19. The lowest BCUT2D eigenvalue weighted by atomic mass is 9.83. The van der Waals surface area contributed by atoms with Gasteiger partial charge in [0.2, 0.25) is 0 Å². The van der Waals surface area contributed by atoms with Gasteiger partial charge >= 0.3 is 0 Å². The van der Waals surface area contributed by atoms with Crippen LogP contribution in [-0.4, -0.2) is 15.7 Å². The van der Waals surface area contributed by atoms with Crippen molar-refractivity contribution in [3.8, 4) is 5.75 Å². The van der Waals surface area contributed by atoms with Crippen LogP contribution in [0.2, 0.25) is 0 Å². The smallest absolute Gasteiger partial charge is 0.178 e. The van der Waals surface area contributed by atoms with Gasteiger partial charge in [0.05, 0.1) is 11.6 Å². The predicted molar refractivity (Wildman–Crippen MR) is 84.8 cm³/mol. The number of benzene rings is 1.